The average molecular weight is 635 g/mol. The van der Waals surface area contributed by atoms with Crippen molar-refractivity contribution in [1.29, 1.82) is 0 Å². The molecule has 0 saturated carbocycles. The van der Waals surface area contributed by atoms with E-state index in [0.29, 0.717) is 13.2 Å². The molecule has 250 valence electrons. The fourth-order valence-electron chi connectivity index (χ4n) is 5.52. The molecule has 44 heavy (non-hydrogen) atoms. The van der Waals surface area contributed by atoms with E-state index in [4.69, 9.17) is 9.47 Å². The molecule has 1 saturated heterocycles. The fourth-order valence-corrected chi connectivity index (χ4v) is 6.69. The molecule has 0 aromatic carbocycles. The third-order valence-corrected chi connectivity index (χ3v) is 9.73. The number of unbranched alkanes of at least 4 members (excludes halogenated alkanes) is 15. The first-order valence-corrected chi connectivity index (χ1v) is 18.4. The first kappa shape index (κ1) is 37.9. The number of aryl methyl sites for hydroxylation is 1. The number of imide groups is 1. The molecule has 9 heteroatoms. The maximum absolute atomic E-state index is 12.6. The Labute approximate surface area is 271 Å². The summed E-state index contributed by atoms with van der Waals surface area (Å²) < 4.78 is 12.8. The Hall–Kier alpha value is -2.29. The predicted octanol–water partition coefficient (Wildman–Crippen LogP) is 8.34. The number of thioether (sulfide) groups is 1. The lowest BCUT2D eigenvalue weighted by Crippen LogP contribution is -2.44. The van der Waals surface area contributed by atoms with Crippen molar-refractivity contribution in [2.24, 2.45) is 0 Å². The summed E-state index contributed by atoms with van der Waals surface area (Å²) >= 11 is 1.65. The third kappa shape index (κ3) is 16.7. The zero-order valence-corrected chi connectivity index (χ0v) is 28.7. The Kier molecular flexibility index (Phi) is 20.7. The van der Waals surface area contributed by atoms with Crippen molar-refractivity contribution < 1.29 is 28.4 Å². The van der Waals surface area contributed by atoms with Crippen molar-refractivity contribution in [3.05, 3.63) is 30.1 Å². The number of aromatic nitrogens is 1. The second-order valence-corrected chi connectivity index (χ2v) is 13.7. The topological polar surface area (TPSA) is 88.8 Å². The van der Waals surface area contributed by atoms with E-state index in [9.17, 15) is 14.4 Å². The number of carbonyl (C=O) groups excluding carboxylic acids is 3. The molecule has 1 fully saturated rings. The summed E-state index contributed by atoms with van der Waals surface area (Å²) in [5, 5.41) is 3.21. The molecule has 2 atom stereocenters. The van der Waals surface area contributed by atoms with Gasteiger partial charge in [-0.2, -0.15) is 0 Å². The van der Waals surface area contributed by atoms with Crippen molar-refractivity contribution in [2.45, 2.75) is 154 Å². The number of hydrogen-bond acceptors (Lipinski definition) is 6. The van der Waals surface area contributed by atoms with Gasteiger partial charge in [-0.1, -0.05) is 109 Å². The molecular formula is C35H60N3O5S+. The van der Waals surface area contributed by atoms with Crippen molar-refractivity contribution >= 4 is 29.9 Å². The number of alkyl carbamates (subject to hydrolysis) is 1. The maximum atomic E-state index is 12.6. The van der Waals surface area contributed by atoms with Crippen LogP contribution in [-0.2, 0) is 27.4 Å². The molecule has 1 aromatic heterocycles. The second-order valence-electron chi connectivity index (χ2n) is 12.1. The fraction of sp³-hybridized carbons (Fsp3) is 0.771. The first-order valence-electron chi connectivity index (χ1n) is 17.4. The Balaban J connectivity index is 1.40. The van der Waals surface area contributed by atoms with E-state index in [1.54, 1.807) is 11.8 Å². The maximum Gasteiger partial charge on any atom is 0.417 e. The quantitative estimate of drug-likeness (QED) is 0.0908. The van der Waals surface area contributed by atoms with Gasteiger partial charge < -0.3 is 14.8 Å². The van der Waals surface area contributed by atoms with Gasteiger partial charge in [0.1, 0.15) is 26.3 Å². The van der Waals surface area contributed by atoms with Gasteiger partial charge in [0, 0.05) is 36.1 Å². The number of ether oxygens (including phenoxy) is 2. The smallest absolute Gasteiger partial charge is 0.417 e. The molecule has 1 aliphatic rings. The Morgan fingerprint density at radius 1 is 0.818 bits per heavy atom. The SMILES string of the molecule is CCCCCCCCCCCCCCCCCCNC(=O)OC[C@H]1C[C@@H](COC(=O)N(Cc2cccc[n+]2CC)C(C)=O)S1. The van der Waals surface area contributed by atoms with E-state index in [1.807, 2.05) is 35.9 Å². The van der Waals surface area contributed by atoms with E-state index in [1.165, 1.54) is 96.8 Å². The van der Waals surface area contributed by atoms with Gasteiger partial charge in [-0.25, -0.2) is 19.1 Å². The highest BCUT2D eigenvalue weighted by Crippen LogP contribution is 2.37. The van der Waals surface area contributed by atoms with E-state index >= 15 is 0 Å². The Morgan fingerprint density at radius 2 is 1.34 bits per heavy atom. The van der Waals surface area contributed by atoms with Crippen LogP contribution in [0.1, 0.15) is 136 Å². The molecule has 0 spiro atoms. The normalized spacial score (nSPS) is 15.8. The summed E-state index contributed by atoms with van der Waals surface area (Å²) in [6.07, 6.45) is 23.1. The molecule has 0 radical (unpaired) electrons. The molecule has 2 rings (SSSR count). The summed E-state index contributed by atoms with van der Waals surface area (Å²) in [6.45, 7) is 7.82. The third-order valence-electron chi connectivity index (χ3n) is 8.30. The van der Waals surface area contributed by atoms with Gasteiger partial charge in [-0.05, 0) is 19.8 Å². The average Bonchev–Trinajstić information content (AvgIpc) is 3.00. The summed E-state index contributed by atoms with van der Waals surface area (Å²) in [5.41, 5.74) is 0.866. The minimum absolute atomic E-state index is 0.145. The minimum atomic E-state index is -0.627. The lowest BCUT2D eigenvalue weighted by atomic mass is 10.0. The van der Waals surface area contributed by atoms with Gasteiger partial charge in [0.15, 0.2) is 6.20 Å². The molecule has 8 nitrogen and oxygen atoms in total. The lowest BCUT2D eigenvalue weighted by Gasteiger charge is -2.34. The van der Waals surface area contributed by atoms with Crippen LogP contribution in [0.25, 0.3) is 0 Å². The number of amides is 3. The molecule has 3 amide bonds. The molecule has 2 heterocycles. The van der Waals surface area contributed by atoms with Crippen LogP contribution in [0.5, 0.6) is 0 Å². The molecule has 0 unspecified atom stereocenters. The van der Waals surface area contributed by atoms with Crippen LogP contribution in [-0.4, -0.2) is 53.3 Å². The molecule has 0 bridgehead atoms. The molecule has 1 aromatic rings. The number of nitrogens with zero attached hydrogens (tertiary/aromatic N) is 2. The van der Waals surface area contributed by atoms with Crippen LogP contribution in [0, 0.1) is 0 Å². The van der Waals surface area contributed by atoms with Gasteiger partial charge in [0.25, 0.3) is 0 Å². The zero-order valence-electron chi connectivity index (χ0n) is 27.9. The van der Waals surface area contributed by atoms with Gasteiger partial charge in [-0.15, -0.1) is 11.8 Å². The van der Waals surface area contributed by atoms with Crippen LogP contribution < -0.4 is 9.88 Å². The summed E-state index contributed by atoms with van der Waals surface area (Å²) in [6, 6.07) is 5.71. The monoisotopic (exact) mass is 634 g/mol. The number of rotatable bonds is 24. The minimum Gasteiger partial charge on any atom is -0.448 e. The van der Waals surface area contributed by atoms with Gasteiger partial charge >= 0.3 is 12.2 Å². The van der Waals surface area contributed by atoms with Gasteiger partial charge in [0.05, 0.1) is 0 Å². The van der Waals surface area contributed by atoms with E-state index < -0.39 is 6.09 Å². The van der Waals surface area contributed by atoms with Crippen molar-refractivity contribution in [2.75, 3.05) is 19.8 Å². The first-order chi connectivity index (χ1) is 21.4. The van der Waals surface area contributed by atoms with Crippen molar-refractivity contribution in [1.82, 2.24) is 10.2 Å². The zero-order chi connectivity index (χ0) is 31.8. The van der Waals surface area contributed by atoms with Crippen LogP contribution >= 0.6 is 11.8 Å². The lowest BCUT2D eigenvalue weighted by molar-refractivity contribution is -0.701. The highest BCUT2D eigenvalue weighted by Gasteiger charge is 2.33. The van der Waals surface area contributed by atoms with Crippen molar-refractivity contribution in [3.8, 4) is 0 Å². The number of pyridine rings is 1. The summed E-state index contributed by atoms with van der Waals surface area (Å²) in [5.74, 6) is -0.348. The number of hydrogen-bond donors (Lipinski definition) is 1. The van der Waals surface area contributed by atoms with Crippen molar-refractivity contribution in [3.63, 3.8) is 0 Å². The molecule has 1 N–H and O–H groups in total. The van der Waals surface area contributed by atoms with E-state index in [0.717, 1.165) is 36.4 Å². The van der Waals surface area contributed by atoms with Crippen LogP contribution in [0.2, 0.25) is 0 Å². The highest BCUT2D eigenvalue weighted by molar-refractivity contribution is 8.01. The van der Waals surface area contributed by atoms with Crippen LogP contribution in [0.3, 0.4) is 0 Å². The molecule has 0 aliphatic carbocycles. The van der Waals surface area contributed by atoms with Gasteiger partial charge in [-0.3, -0.25) is 4.79 Å². The Morgan fingerprint density at radius 3 is 1.86 bits per heavy atom. The van der Waals surface area contributed by atoms with E-state index in [-0.39, 0.29) is 35.7 Å². The highest BCUT2D eigenvalue weighted by atomic mass is 32.2. The summed E-state index contributed by atoms with van der Waals surface area (Å²) in [7, 11) is 0. The molecule has 1 aliphatic heterocycles. The summed E-state index contributed by atoms with van der Waals surface area (Å²) in [4.78, 5) is 37.9. The van der Waals surface area contributed by atoms with E-state index in [2.05, 4.69) is 12.2 Å². The largest absolute Gasteiger partial charge is 0.448 e. The van der Waals surface area contributed by atoms with Crippen LogP contribution in [0.4, 0.5) is 9.59 Å². The second kappa shape index (κ2) is 24.0. The number of nitrogens with one attached hydrogen (secondary N) is 1. The predicted molar refractivity (Wildman–Crippen MR) is 179 cm³/mol. The standard InChI is InChI=1S/C35H59N3O5S/c1-4-6-7-8-9-10-11-12-13-14-15-16-17-18-19-21-24-36-34(40)42-28-32-26-33(44-32)29-43-35(41)38(30(3)39)27-31-23-20-22-25-37(31)5-2/h20,22-23,25,32-33H,4-19,21,24,26-29H2,1-3H3/p+1/t32-,33+/m1/s1. The molecular weight excluding hydrogens is 574 g/mol. The van der Waals surface area contributed by atoms with Crippen LogP contribution in [0.15, 0.2) is 24.4 Å². The number of carbonyl (C=O) groups is 3. The van der Waals surface area contributed by atoms with Gasteiger partial charge in [0.2, 0.25) is 11.6 Å². The Bertz CT molecular complexity index is 941.